The van der Waals surface area contributed by atoms with E-state index in [1.165, 1.54) is 0 Å². The minimum atomic E-state index is 0.295. The van der Waals surface area contributed by atoms with Gasteiger partial charge in [-0.3, -0.25) is 4.99 Å². The molecule has 2 rings (SSSR count). The maximum absolute atomic E-state index is 4.38. The number of nitrogens with one attached hydrogen (secondary N) is 1. The third kappa shape index (κ3) is 1.11. The van der Waals surface area contributed by atoms with Crippen LogP contribution in [0.3, 0.4) is 0 Å². The van der Waals surface area contributed by atoms with E-state index in [1.54, 1.807) is 0 Å². The molecule has 0 saturated carbocycles. The highest BCUT2D eigenvalue weighted by Crippen LogP contribution is 2.09. The molecule has 0 aromatic carbocycles. The van der Waals surface area contributed by atoms with Crippen LogP contribution in [0.5, 0.6) is 0 Å². The van der Waals surface area contributed by atoms with Crippen LogP contribution in [0.2, 0.25) is 0 Å². The SMILES string of the molecule is CC1=CNC2C=CC=CC2=N1. The van der Waals surface area contributed by atoms with Crippen molar-refractivity contribution in [1.82, 2.24) is 5.32 Å². The van der Waals surface area contributed by atoms with Crippen LogP contribution in [-0.4, -0.2) is 11.8 Å². The van der Waals surface area contributed by atoms with Crippen LogP contribution in [0, 0.1) is 0 Å². The highest BCUT2D eigenvalue weighted by atomic mass is 15.0. The van der Waals surface area contributed by atoms with Crippen molar-refractivity contribution in [3.8, 4) is 0 Å². The summed E-state index contributed by atoms with van der Waals surface area (Å²) < 4.78 is 0. The second-order valence-electron chi connectivity index (χ2n) is 2.71. The van der Waals surface area contributed by atoms with E-state index in [2.05, 4.69) is 16.4 Å². The Morgan fingerprint density at radius 2 is 2.36 bits per heavy atom. The third-order valence-electron chi connectivity index (χ3n) is 1.78. The lowest BCUT2D eigenvalue weighted by atomic mass is 10.1. The summed E-state index contributed by atoms with van der Waals surface area (Å²) in [6.45, 7) is 1.99. The topological polar surface area (TPSA) is 24.4 Å². The summed E-state index contributed by atoms with van der Waals surface area (Å²) in [6, 6.07) is 0.295. The zero-order chi connectivity index (χ0) is 7.68. The van der Waals surface area contributed by atoms with Gasteiger partial charge in [0.15, 0.2) is 0 Å². The van der Waals surface area contributed by atoms with Crippen LogP contribution < -0.4 is 5.32 Å². The zero-order valence-corrected chi connectivity index (χ0v) is 6.41. The number of hydrogen-bond acceptors (Lipinski definition) is 2. The van der Waals surface area contributed by atoms with Gasteiger partial charge < -0.3 is 5.32 Å². The first-order chi connectivity index (χ1) is 5.36. The number of fused-ring (bicyclic) bond motifs is 1. The summed E-state index contributed by atoms with van der Waals surface area (Å²) in [6.07, 6.45) is 10.1. The zero-order valence-electron chi connectivity index (χ0n) is 6.41. The molecule has 1 heterocycles. The number of hydrogen-bond donors (Lipinski definition) is 1. The van der Waals surface area contributed by atoms with E-state index in [-0.39, 0.29) is 0 Å². The molecule has 0 spiro atoms. The van der Waals surface area contributed by atoms with E-state index in [1.807, 2.05) is 31.4 Å². The lowest BCUT2D eigenvalue weighted by molar-refractivity contribution is 0.839. The molecule has 0 fully saturated rings. The van der Waals surface area contributed by atoms with Crippen LogP contribution in [0.1, 0.15) is 6.92 Å². The molecule has 0 aromatic heterocycles. The molecule has 2 heteroatoms. The molecule has 1 aliphatic heterocycles. The Kier molecular flexibility index (Phi) is 1.39. The van der Waals surface area contributed by atoms with Crippen LogP contribution in [0.15, 0.2) is 41.2 Å². The molecular formula is C9H10N2. The van der Waals surface area contributed by atoms with Gasteiger partial charge >= 0.3 is 0 Å². The maximum Gasteiger partial charge on any atom is 0.0869 e. The van der Waals surface area contributed by atoms with Gasteiger partial charge in [-0.1, -0.05) is 18.2 Å². The summed E-state index contributed by atoms with van der Waals surface area (Å²) in [4.78, 5) is 4.38. The minimum Gasteiger partial charge on any atom is -0.378 e. The average Bonchev–Trinajstić information content (AvgIpc) is 2.04. The van der Waals surface area contributed by atoms with Gasteiger partial charge in [-0.05, 0) is 13.0 Å². The maximum atomic E-state index is 4.38. The van der Waals surface area contributed by atoms with Crippen molar-refractivity contribution < 1.29 is 0 Å². The summed E-state index contributed by atoms with van der Waals surface area (Å²) in [5.74, 6) is 0. The smallest absolute Gasteiger partial charge is 0.0869 e. The van der Waals surface area contributed by atoms with Gasteiger partial charge in [0.2, 0.25) is 0 Å². The Balaban J connectivity index is 2.33. The fourth-order valence-electron chi connectivity index (χ4n) is 1.23. The fraction of sp³-hybridized carbons (Fsp3) is 0.222. The minimum absolute atomic E-state index is 0.295. The van der Waals surface area contributed by atoms with E-state index in [0.29, 0.717) is 6.04 Å². The highest BCUT2D eigenvalue weighted by Gasteiger charge is 2.13. The molecule has 2 nitrogen and oxygen atoms in total. The molecule has 0 radical (unpaired) electrons. The van der Waals surface area contributed by atoms with Crippen molar-refractivity contribution in [3.63, 3.8) is 0 Å². The Labute approximate surface area is 66.0 Å². The molecule has 1 unspecified atom stereocenters. The van der Waals surface area contributed by atoms with Crippen LogP contribution in [0.4, 0.5) is 0 Å². The standard InChI is InChI=1S/C9H10N2/c1-7-6-10-8-4-2-3-5-9(8)11-7/h2-6,8,10H,1H3. The predicted octanol–water partition coefficient (Wildman–Crippen LogP) is 1.39. The van der Waals surface area contributed by atoms with E-state index < -0.39 is 0 Å². The van der Waals surface area contributed by atoms with E-state index in [0.717, 1.165) is 11.4 Å². The van der Waals surface area contributed by atoms with Crippen LogP contribution in [0.25, 0.3) is 0 Å². The van der Waals surface area contributed by atoms with Crippen molar-refractivity contribution in [2.24, 2.45) is 4.99 Å². The first kappa shape index (κ1) is 6.40. The lowest BCUT2D eigenvalue weighted by Gasteiger charge is -2.20. The summed E-state index contributed by atoms with van der Waals surface area (Å²) in [5.41, 5.74) is 2.14. The second kappa shape index (κ2) is 2.38. The molecule has 0 bridgehead atoms. The molecule has 1 N–H and O–H groups in total. The van der Waals surface area contributed by atoms with E-state index in [4.69, 9.17) is 0 Å². The molecule has 0 aromatic rings. The second-order valence-corrected chi connectivity index (χ2v) is 2.71. The average molecular weight is 146 g/mol. The molecule has 0 amide bonds. The van der Waals surface area contributed by atoms with Gasteiger partial charge in [-0.15, -0.1) is 0 Å². The molecule has 1 atom stereocenters. The summed E-state index contributed by atoms with van der Waals surface area (Å²) in [7, 11) is 0. The molecule has 56 valence electrons. The van der Waals surface area contributed by atoms with E-state index in [9.17, 15) is 0 Å². The number of allylic oxidation sites excluding steroid dienone is 3. The first-order valence-corrected chi connectivity index (χ1v) is 3.72. The van der Waals surface area contributed by atoms with Crippen molar-refractivity contribution >= 4 is 5.71 Å². The summed E-state index contributed by atoms with van der Waals surface area (Å²) in [5, 5.41) is 3.24. The van der Waals surface area contributed by atoms with Crippen molar-refractivity contribution in [3.05, 3.63) is 36.2 Å². The lowest BCUT2D eigenvalue weighted by Crippen LogP contribution is -2.34. The molecule has 11 heavy (non-hydrogen) atoms. The van der Waals surface area contributed by atoms with Crippen molar-refractivity contribution in [2.75, 3.05) is 0 Å². The largest absolute Gasteiger partial charge is 0.378 e. The van der Waals surface area contributed by atoms with Crippen molar-refractivity contribution in [1.29, 1.82) is 0 Å². The Hall–Kier alpha value is -1.31. The fourth-order valence-corrected chi connectivity index (χ4v) is 1.23. The van der Waals surface area contributed by atoms with Crippen LogP contribution >= 0.6 is 0 Å². The quantitative estimate of drug-likeness (QED) is 0.548. The van der Waals surface area contributed by atoms with Gasteiger partial charge in [-0.25, -0.2) is 0 Å². The molecule has 2 aliphatic rings. The highest BCUT2D eigenvalue weighted by molar-refractivity contribution is 6.03. The number of rotatable bonds is 0. The van der Waals surface area contributed by atoms with Gasteiger partial charge in [0.1, 0.15) is 0 Å². The number of aliphatic imine (C=N–C) groups is 1. The van der Waals surface area contributed by atoms with Crippen LogP contribution in [-0.2, 0) is 0 Å². The molecular weight excluding hydrogens is 136 g/mol. The Morgan fingerprint density at radius 3 is 3.27 bits per heavy atom. The van der Waals surface area contributed by atoms with Gasteiger partial charge in [0.25, 0.3) is 0 Å². The van der Waals surface area contributed by atoms with Gasteiger partial charge in [0.05, 0.1) is 17.5 Å². The van der Waals surface area contributed by atoms with Crippen molar-refractivity contribution in [2.45, 2.75) is 13.0 Å². The monoisotopic (exact) mass is 146 g/mol. The molecule has 1 aliphatic carbocycles. The van der Waals surface area contributed by atoms with Gasteiger partial charge in [0, 0.05) is 6.20 Å². The first-order valence-electron chi connectivity index (χ1n) is 3.72. The Bertz CT molecular complexity index is 282. The number of nitrogens with zero attached hydrogens (tertiary/aromatic N) is 1. The normalized spacial score (nSPS) is 26.8. The summed E-state index contributed by atoms with van der Waals surface area (Å²) >= 11 is 0. The third-order valence-corrected chi connectivity index (χ3v) is 1.78. The molecule has 0 saturated heterocycles. The Morgan fingerprint density at radius 1 is 1.45 bits per heavy atom. The van der Waals surface area contributed by atoms with Gasteiger partial charge in [-0.2, -0.15) is 0 Å². The van der Waals surface area contributed by atoms with E-state index >= 15 is 0 Å². The predicted molar refractivity (Wildman–Crippen MR) is 46.4 cm³/mol.